The minimum atomic E-state index is -5.08. The first-order valence-corrected chi connectivity index (χ1v) is 9.21. The van der Waals surface area contributed by atoms with E-state index in [0.717, 1.165) is 38.1 Å². The Bertz CT molecular complexity index is 528. The second-order valence-corrected chi connectivity index (χ2v) is 7.62. The first-order valence-electron chi connectivity index (χ1n) is 9.21. The number of aliphatic carboxylic acids is 1. The molecular weight excluding hydrogens is 365 g/mol. The molecule has 156 valence electrons. The van der Waals surface area contributed by atoms with E-state index in [4.69, 9.17) is 21.0 Å². The number of hydroxylamine groups is 2. The summed E-state index contributed by atoms with van der Waals surface area (Å²) in [7, 11) is 0. The fraction of sp³-hybridized carbons (Fsp3) is 0.882. The number of alkyl halides is 3. The maximum Gasteiger partial charge on any atom is 0.490 e. The lowest BCUT2D eigenvalue weighted by molar-refractivity contribution is -0.930. The van der Waals surface area contributed by atoms with Crippen LogP contribution in [0, 0.1) is 28.4 Å². The van der Waals surface area contributed by atoms with E-state index in [-0.39, 0.29) is 12.2 Å². The number of halogens is 3. The van der Waals surface area contributed by atoms with Gasteiger partial charge in [0.05, 0.1) is 12.6 Å². The van der Waals surface area contributed by atoms with Crippen LogP contribution in [0.3, 0.4) is 0 Å². The van der Waals surface area contributed by atoms with Gasteiger partial charge in [0.15, 0.2) is 6.17 Å². The summed E-state index contributed by atoms with van der Waals surface area (Å²) in [6.07, 6.45) is 1.11. The van der Waals surface area contributed by atoms with Crippen molar-refractivity contribution >= 4 is 5.97 Å². The van der Waals surface area contributed by atoms with Crippen LogP contribution < -0.4 is 5.84 Å². The van der Waals surface area contributed by atoms with Crippen molar-refractivity contribution < 1.29 is 27.8 Å². The molecule has 10 heteroatoms. The van der Waals surface area contributed by atoms with Crippen LogP contribution in [0.25, 0.3) is 0 Å². The third-order valence-electron chi connectivity index (χ3n) is 5.48. The summed E-state index contributed by atoms with van der Waals surface area (Å²) in [6.45, 7) is 5.47. The number of nitriles is 1. The second kappa shape index (κ2) is 9.68. The molecule has 3 atom stereocenters. The highest BCUT2D eigenvalue weighted by Gasteiger charge is 2.38. The summed E-state index contributed by atoms with van der Waals surface area (Å²) in [5.74, 6) is 4.53. The van der Waals surface area contributed by atoms with Gasteiger partial charge in [-0.3, -0.25) is 4.76 Å². The standard InChI is InChI=1S/C15H28N4O.C2HF3O2/c1-12-5-7-14(8-6-12)11-19(17,20)13(2)18-9-3-4-15(18)10-16;3-2(4,5)1(6)7/h12-15H,3-9,11,17H2,1-2H3;(H,6,7). The molecule has 0 aromatic heterocycles. The summed E-state index contributed by atoms with van der Waals surface area (Å²) in [5, 5.41) is 29.1. The first-order chi connectivity index (χ1) is 12.4. The summed E-state index contributed by atoms with van der Waals surface area (Å²) in [6, 6.07) is 2.16. The number of nitrogens with two attached hydrogens (primary N) is 1. The molecule has 3 unspecified atom stereocenters. The maximum absolute atomic E-state index is 12.8. The smallest absolute Gasteiger partial charge is 0.490 e. The van der Waals surface area contributed by atoms with Gasteiger partial charge in [0.2, 0.25) is 0 Å². The normalized spacial score (nSPS) is 29.8. The van der Waals surface area contributed by atoms with E-state index in [1.807, 2.05) is 11.8 Å². The molecule has 0 aromatic carbocycles. The largest absolute Gasteiger partial charge is 0.611 e. The minimum absolute atomic E-state index is 0.133. The Labute approximate surface area is 157 Å². The number of carboxylic acid groups (broad SMARTS) is 1. The highest BCUT2D eigenvalue weighted by atomic mass is 19.4. The number of nitrogens with zero attached hydrogens (tertiary/aromatic N) is 3. The van der Waals surface area contributed by atoms with E-state index in [9.17, 15) is 18.4 Å². The van der Waals surface area contributed by atoms with Gasteiger partial charge in [0, 0.05) is 19.4 Å². The highest BCUT2D eigenvalue weighted by Crippen LogP contribution is 2.31. The Hall–Kier alpha value is -1.41. The number of carbonyl (C=O) groups is 1. The van der Waals surface area contributed by atoms with Crippen LogP contribution in [-0.4, -0.2) is 52.2 Å². The molecule has 0 radical (unpaired) electrons. The van der Waals surface area contributed by atoms with Gasteiger partial charge in [-0.15, -0.1) is 0 Å². The van der Waals surface area contributed by atoms with E-state index in [1.54, 1.807) is 0 Å². The quantitative estimate of drug-likeness (QED) is 0.430. The van der Waals surface area contributed by atoms with Gasteiger partial charge in [-0.05, 0) is 31.6 Å². The number of hydrogen-bond donors (Lipinski definition) is 2. The number of rotatable bonds is 4. The summed E-state index contributed by atoms with van der Waals surface area (Å²) < 4.78 is 31.0. The average molecular weight is 394 g/mol. The predicted molar refractivity (Wildman–Crippen MR) is 92.3 cm³/mol. The van der Waals surface area contributed by atoms with Crippen molar-refractivity contribution in [2.24, 2.45) is 17.7 Å². The molecule has 0 spiro atoms. The molecule has 1 saturated carbocycles. The van der Waals surface area contributed by atoms with E-state index in [2.05, 4.69) is 13.0 Å². The predicted octanol–water partition coefficient (Wildman–Crippen LogP) is 2.97. The van der Waals surface area contributed by atoms with Crippen molar-refractivity contribution in [3.63, 3.8) is 0 Å². The van der Waals surface area contributed by atoms with Crippen LogP contribution in [0.15, 0.2) is 0 Å². The maximum atomic E-state index is 12.8. The van der Waals surface area contributed by atoms with Crippen molar-refractivity contribution in [2.75, 3.05) is 13.1 Å². The molecule has 1 aliphatic heterocycles. The fourth-order valence-corrected chi connectivity index (χ4v) is 3.69. The molecule has 3 N–H and O–H groups in total. The lowest BCUT2D eigenvalue weighted by atomic mass is 9.83. The Morgan fingerprint density at radius 1 is 1.37 bits per heavy atom. The molecule has 27 heavy (non-hydrogen) atoms. The number of likely N-dealkylation sites (tertiary alicyclic amines) is 1. The van der Waals surface area contributed by atoms with Gasteiger partial charge in [0.25, 0.3) is 0 Å². The minimum Gasteiger partial charge on any atom is -0.611 e. The molecule has 0 amide bonds. The van der Waals surface area contributed by atoms with Gasteiger partial charge in [-0.25, -0.2) is 9.69 Å². The summed E-state index contributed by atoms with van der Waals surface area (Å²) >= 11 is 0. The summed E-state index contributed by atoms with van der Waals surface area (Å²) in [5.41, 5.74) is 0. The topological polar surface area (TPSA) is 113 Å². The molecule has 0 aromatic rings. The zero-order chi connectivity index (χ0) is 20.8. The van der Waals surface area contributed by atoms with Crippen molar-refractivity contribution in [2.45, 2.75) is 70.8 Å². The van der Waals surface area contributed by atoms with Gasteiger partial charge in [0.1, 0.15) is 6.04 Å². The van der Waals surface area contributed by atoms with E-state index < -0.39 is 16.9 Å². The van der Waals surface area contributed by atoms with E-state index in [0.29, 0.717) is 12.5 Å². The molecule has 1 saturated heterocycles. The Balaban J connectivity index is 0.000000445. The van der Waals surface area contributed by atoms with Crippen LogP contribution in [-0.2, 0) is 4.79 Å². The molecule has 2 fully saturated rings. The van der Waals surface area contributed by atoms with Gasteiger partial charge >= 0.3 is 12.1 Å². The average Bonchev–Trinajstić information content (AvgIpc) is 3.04. The molecule has 2 aliphatic rings. The molecule has 1 aliphatic carbocycles. The SMILES string of the molecule is CC1CCC(C[N+](N)([O-])C(C)N2CCCC2C#N)CC1.O=C(O)C(F)(F)F. The van der Waals surface area contributed by atoms with E-state index in [1.165, 1.54) is 12.8 Å². The zero-order valence-electron chi connectivity index (χ0n) is 15.8. The molecule has 1 heterocycles. The first kappa shape index (κ1) is 23.6. The third-order valence-corrected chi connectivity index (χ3v) is 5.48. The Morgan fingerprint density at radius 3 is 2.33 bits per heavy atom. The van der Waals surface area contributed by atoms with Gasteiger partial charge < -0.3 is 10.3 Å². The monoisotopic (exact) mass is 394 g/mol. The molecular formula is C17H29F3N4O3. The second-order valence-electron chi connectivity index (χ2n) is 7.62. The molecule has 2 rings (SSSR count). The molecule has 0 bridgehead atoms. The number of carboxylic acids is 1. The van der Waals surface area contributed by atoms with Gasteiger partial charge in [-0.1, -0.05) is 19.8 Å². The van der Waals surface area contributed by atoms with Crippen LogP contribution >= 0.6 is 0 Å². The van der Waals surface area contributed by atoms with Crippen LogP contribution in [0.2, 0.25) is 0 Å². The van der Waals surface area contributed by atoms with Crippen LogP contribution in [0.1, 0.15) is 52.4 Å². The number of hydrogen-bond acceptors (Lipinski definition) is 5. The molecule has 7 nitrogen and oxygen atoms in total. The van der Waals surface area contributed by atoms with E-state index >= 15 is 0 Å². The van der Waals surface area contributed by atoms with Crippen molar-refractivity contribution in [1.29, 1.82) is 5.26 Å². The number of quaternary nitrogens is 1. The third kappa shape index (κ3) is 7.25. The van der Waals surface area contributed by atoms with Crippen LogP contribution in [0.4, 0.5) is 13.2 Å². The van der Waals surface area contributed by atoms with Gasteiger partial charge in [-0.2, -0.15) is 24.3 Å². The zero-order valence-corrected chi connectivity index (χ0v) is 15.8. The highest BCUT2D eigenvalue weighted by molar-refractivity contribution is 5.73. The fourth-order valence-electron chi connectivity index (χ4n) is 3.69. The Morgan fingerprint density at radius 2 is 1.89 bits per heavy atom. The van der Waals surface area contributed by atoms with Crippen molar-refractivity contribution in [3.05, 3.63) is 5.21 Å². The Kier molecular flexibility index (Phi) is 8.48. The lowest BCUT2D eigenvalue weighted by Gasteiger charge is -2.48. The lowest BCUT2D eigenvalue weighted by Crippen LogP contribution is -2.64. The van der Waals surface area contributed by atoms with Crippen molar-refractivity contribution in [1.82, 2.24) is 4.90 Å². The van der Waals surface area contributed by atoms with Crippen LogP contribution in [0.5, 0.6) is 0 Å². The summed E-state index contributed by atoms with van der Waals surface area (Å²) in [4.78, 5) is 10.9. The van der Waals surface area contributed by atoms with Crippen molar-refractivity contribution in [3.8, 4) is 6.07 Å².